The number of hydrogen-bond donors (Lipinski definition) is 0. The van der Waals surface area contributed by atoms with Crippen molar-refractivity contribution in [2.75, 3.05) is 6.61 Å². The standard InChI is InChI=1S/C21H21N3O2S/c1-2-26-17-13-11-16(12-14-17)24-20(15-7-4-3-5-8-15)22-23-21(24)27-19-10-6-9-18(19)25/h3-5,7-8,11-14,19H,2,6,9-10H2,1H3. The van der Waals surface area contributed by atoms with Crippen LogP contribution in [0.1, 0.15) is 26.2 Å². The molecule has 6 heteroatoms. The van der Waals surface area contributed by atoms with Gasteiger partial charge in [-0.3, -0.25) is 9.36 Å². The van der Waals surface area contributed by atoms with Gasteiger partial charge in [0.25, 0.3) is 0 Å². The minimum atomic E-state index is -0.0285. The van der Waals surface area contributed by atoms with E-state index in [1.54, 1.807) is 0 Å². The fourth-order valence-electron chi connectivity index (χ4n) is 3.25. The van der Waals surface area contributed by atoms with Crippen LogP contribution in [0.4, 0.5) is 0 Å². The molecule has 1 aromatic heterocycles. The normalized spacial score (nSPS) is 16.6. The van der Waals surface area contributed by atoms with Gasteiger partial charge in [-0.05, 0) is 44.0 Å². The van der Waals surface area contributed by atoms with Gasteiger partial charge in [0.15, 0.2) is 11.0 Å². The van der Waals surface area contributed by atoms with Crippen molar-refractivity contribution in [3.05, 3.63) is 54.6 Å². The van der Waals surface area contributed by atoms with Crippen molar-refractivity contribution >= 4 is 17.5 Å². The van der Waals surface area contributed by atoms with Gasteiger partial charge in [0.05, 0.1) is 11.9 Å². The summed E-state index contributed by atoms with van der Waals surface area (Å²) in [5, 5.41) is 9.58. The van der Waals surface area contributed by atoms with E-state index in [0.717, 1.165) is 40.8 Å². The zero-order valence-electron chi connectivity index (χ0n) is 15.2. The first-order valence-electron chi connectivity index (χ1n) is 9.19. The zero-order chi connectivity index (χ0) is 18.6. The van der Waals surface area contributed by atoms with E-state index in [1.165, 1.54) is 11.8 Å². The Morgan fingerprint density at radius 1 is 1.11 bits per heavy atom. The molecule has 1 saturated carbocycles. The number of carbonyl (C=O) groups excluding carboxylic acids is 1. The van der Waals surface area contributed by atoms with Crippen molar-refractivity contribution in [2.24, 2.45) is 0 Å². The van der Waals surface area contributed by atoms with Crippen molar-refractivity contribution in [3.8, 4) is 22.8 Å². The number of Topliss-reactive ketones (excluding diaryl/α,β-unsaturated/α-hetero) is 1. The van der Waals surface area contributed by atoms with Crippen molar-refractivity contribution in [2.45, 2.75) is 36.6 Å². The van der Waals surface area contributed by atoms with E-state index in [1.807, 2.05) is 66.1 Å². The maximum Gasteiger partial charge on any atom is 0.196 e. The number of ether oxygens (including phenoxy) is 1. The molecule has 1 aliphatic carbocycles. The van der Waals surface area contributed by atoms with Crippen LogP contribution in [0, 0.1) is 0 Å². The van der Waals surface area contributed by atoms with Gasteiger partial charge in [0.2, 0.25) is 0 Å². The van der Waals surface area contributed by atoms with E-state index >= 15 is 0 Å². The van der Waals surface area contributed by atoms with Crippen LogP contribution in [0.2, 0.25) is 0 Å². The molecule has 2 aromatic carbocycles. The molecule has 1 unspecified atom stereocenters. The van der Waals surface area contributed by atoms with E-state index in [0.29, 0.717) is 18.8 Å². The summed E-state index contributed by atoms with van der Waals surface area (Å²) < 4.78 is 7.58. The summed E-state index contributed by atoms with van der Waals surface area (Å²) in [6, 6.07) is 17.9. The predicted molar refractivity (Wildman–Crippen MR) is 106 cm³/mol. The SMILES string of the molecule is CCOc1ccc(-n2c(SC3CCCC3=O)nnc2-c2ccccc2)cc1. The lowest BCUT2D eigenvalue weighted by Crippen LogP contribution is -2.10. The number of ketones is 1. The fourth-order valence-corrected chi connectivity index (χ4v) is 4.42. The Bertz CT molecular complexity index is 922. The molecule has 0 radical (unpaired) electrons. The maximum atomic E-state index is 12.1. The fraction of sp³-hybridized carbons (Fsp3) is 0.286. The Morgan fingerprint density at radius 3 is 2.56 bits per heavy atom. The molecule has 3 aromatic rings. The number of aromatic nitrogens is 3. The van der Waals surface area contributed by atoms with Crippen molar-refractivity contribution in [1.82, 2.24) is 14.8 Å². The smallest absolute Gasteiger partial charge is 0.196 e. The molecule has 0 bridgehead atoms. The average molecular weight is 379 g/mol. The average Bonchev–Trinajstić information content (AvgIpc) is 3.30. The van der Waals surface area contributed by atoms with Crippen LogP contribution in [0.25, 0.3) is 17.1 Å². The Balaban J connectivity index is 1.75. The van der Waals surface area contributed by atoms with Gasteiger partial charge >= 0.3 is 0 Å². The molecule has 0 aliphatic heterocycles. The lowest BCUT2D eigenvalue weighted by Gasteiger charge is -2.13. The second kappa shape index (κ2) is 7.96. The third-order valence-corrected chi connectivity index (χ3v) is 5.83. The second-order valence-corrected chi connectivity index (χ2v) is 7.57. The molecular weight excluding hydrogens is 358 g/mol. The van der Waals surface area contributed by atoms with E-state index in [4.69, 9.17) is 4.74 Å². The lowest BCUT2D eigenvalue weighted by atomic mass is 10.2. The number of thioether (sulfide) groups is 1. The molecule has 138 valence electrons. The Morgan fingerprint density at radius 2 is 1.89 bits per heavy atom. The summed E-state index contributed by atoms with van der Waals surface area (Å²) in [5.74, 6) is 1.91. The number of rotatable bonds is 6. The first-order valence-corrected chi connectivity index (χ1v) is 10.1. The van der Waals surface area contributed by atoms with Crippen molar-refractivity contribution < 1.29 is 9.53 Å². The first kappa shape index (κ1) is 17.8. The molecule has 5 nitrogen and oxygen atoms in total. The van der Waals surface area contributed by atoms with Gasteiger partial charge < -0.3 is 4.74 Å². The summed E-state index contributed by atoms with van der Waals surface area (Å²) in [6.45, 7) is 2.60. The van der Waals surface area contributed by atoms with Gasteiger partial charge in [-0.25, -0.2) is 0 Å². The van der Waals surface area contributed by atoms with Crippen LogP contribution in [-0.4, -0.2) is 32.4 Å². The Hall–Kier alpha value is -2.60. The van der Waals surface area contributed by atoms with Gasteiger partial charge in [0.1, 0.15) is 11.5 Å². The highest BCUT2D eigenvalue weighted by Gasteiger charge is 2.28. The molecule has 0 saturated heterocycles. The number of hydrogen-bond acceptors (Lipinski definition) is 5. The van der Waals surface area contributed by atoms with Crippen LogP contribution < -0.4 is 4.74 Å². The summed E-state index contributed by atoms with van der Waals surface area (Å²) >= 11 is 1.52. The van der Waals surface area contributed by atoms with Gasteiger partial charge in [0, 0.05) is 17.7 Å². The minimum absolute atomic E-state index is 0.0285. The van der Waals surface area contributed by atoms with E-state index < -0.39 is 0 Å². The van der Waals surface area contributed by atoms with Crippen LogP contribution in [0.3, 0.4) is 0 Å². The molecule has 0 N–H and O–H groups in total. The van der Waals surface area contributed by atoms with Crippen LogP contribution in [0.5, 0.6) is 5.75 Å². The van der Waals surface area contributed by atoms with Crippen LogP contribution in [0.15, 0.2) is 59.8 Å². The van der Waals surface area contributed by atoms with Crippen molar-refractivity contribution in [1.29, 1.82) is 0 Å². The predicted octanol–water partition coefficient (Wildman–Crippen LogP) is 4.55. The first-order chi connectivity index (χ1) is 13.3. The van der Waals surface area contributed by atoms with Crippen LogP contribution in [-0.2, 0) is 4.79 Å². The highest BCUT2D eigenvalue weighted by molar-refractivity contribution is 8.00. The highest BCUT2D eigenvalue weighted by Crippen LogP contribution is 2.35. The third kappa shape index (κ3) is 3.76. The Kier molecular flexibility index (Phi) is 5.25. The van der Waals surface area contributed by atoms with E-state index in [9.17, 15) is 4.79 Å². The van der Waals surface area contributed by atoms with E-state index in [-0.39, 0.29) is 5.25 Å². The molecule has 4 rings (SSSR count). The molecule has 27 heavy (non-hydrogen) atoms. The summed E-state index contributed by atoms with van der Waals surface area (Å²) in [7, 11) is 0. The van der Waals surface area contributed by atoms with E-state index in [2.05, 4.69) is 10.2 Å². The minimum Gasteiger partial charge on any atom is -0.494 e. The summed E-state index contributed by atoms with van der Waals surface area (Å²) in [4.78, 5) is 12.1. The number of nitrogens with zero attached hydrogens (tertiary/aromatic N) is 3. The molecule has 1 atom stereocenters. The maximum absolute atomic E-state index is 12.1. The lowest BCUT2D eigenvalue weighted by molar-refractivity contribution is -0.116. The summed E-state index contributed by atoms with van der Waals surface area (Å²) in [6.07, 6.45) is 2.53. The zero-order valence-corrected chi connectivity index (χ0v) is 16.0. The quantitative estimate of drug-likeness (QED) is 0.629. The number of benzene rings is 2. The van der Waals surface area contributed by atoms with Gasteiger partial charge in [-0.1, -0.05) is 42.1 Å². The third-order valence-electron chi connectivity index (χ3n) is 4.57. The van der Waals surface area contributed by atoms with Crippen LogP contribution >= 0.6 is 11.8 Å². The molecule has 1 fully saturated rings. The van der Waals surface area contributed by atoms with Crippen molar-refractivity contribution in [3.63, 3.8) is 0 Å². The molecule has 0 spiro atoms. The van der Waals surface area contributed by atoms with Gasteiger partial charge in [-0.15, -0.1) is 10.2 Å². The molecule has 1 heterocycles. The summed E-state index contributed by atoms with van der Waals surface area (Å²) in [5.41, 5.74) is 1.94. The molecule has 0 amide bonds. The van der Waals surface area contributed by atoms with Gasteiger partial charge in [-0.2, -0.15) is 0 Å². The largest absolute Gasteiger partial charge is 0.494 e. The highest BCUT2D eigenvalue weighted by atomic mass is 32.2. The molecular formula is C21H21N3O2S. The molecule has 1 aliphatic rings. The monoisotopic (exact) mass is 379 g/mol. The second-order valence-electron chi connectivity index (χ2n) is 6.40. The number of carbonyl (C=O) groups is 1. The Labute approximate surface area is 162 Å². The topological polar surface area (TPSA) is 57.0 Å².